The smallest absolute Gasteiger partial charge is 0.135 e. The van der Waals surface area contributed by atoms with E-state index in [1.807, 2.05) is 24.5 Å². The zero-order valence-electron chi connectivity index (χ0n) is 34.4. The first-order chi connectivity index (χ1) is 27.8. The maximum absolute atomic E-state index is 6.83. The summed E-state index contributed by atoms with van der Waals surface area (Å²) in [7, 11) is 0. The van der Waals surface area contributed by atoms with Gasteiger partial charge in [-0.25, -0.2) is 9.97 Å². The number of hydrogen-bond acceptors (Lipinski definition) is 6. The molecule has 0 fully saturated rings. The number of hydrogen-bond donors (Lipinski definition) is 0. The van der Waals surface area contributed by atoms with E-state index < -0.39 is 0 Å². The van der Waals surface area contributed by atoms with Gasteiger partial charge in [0.25, 0.3) is 0 Å². The fourth-order valence-corrected chi connectivity index (χ4v) is 9.52. The molecule has 1 aliphatic rings. The van der Waals surface area contributed by atoms with Gasteiger partial charge in [0.15, 0.2) is 0 Å². The normalized spacial score (nSPS) is 13.2. The van der Waals surface area contributed by atoms with Crippen molar-refractivity contribution in [3.8, 4) is 17.3 Å². The Kier molecular flexibility index (Phi) is 9.49. The number of aryl methyl sites for hydroxylation is 2. The topological polar surface area (TPSA) is 46.4 Å². The summed E-state index contributed by atoms with van der Waals surface area (Å²) in [6.07, 6.45) is 3.77. The van der Waals surface area contributed by atoms with Crippen molar-refractivity contribution in [3.63, 3.8) is 0 Å². The predicted octanol–water partition coefficient (Wildman–Crippen LogP) is 14.0. The van der Waals surface area contributed by atoms with E-state index in [1.54, 1.807) is 11.3 Å². The number of rotatable bonds is 5. The number of benzene rings is 5. The van der Waals surface area contributed by atoms with Gasteiger partial charge in [0.1, 0.15) is 11.6 Å². The van der Waals surface area contributed by atoms with Crippen molar-refractivity contribution in [3.05, 3.63) is 157 Å². The van der Waals surface area contributed by atoms with E-state index in [-0.39, 0.29) is 31.9 Å². The molecular weight excluding hydrogens is 926 g/mol. The monoisotopic (exact) mass is 969 g/mol. The van der Waals surface area contributed by atoms with Crippen LogP contribution in [-0.4, -0.2) is 14.5 Å². The third-order valence-corrected chi connectivity index (χ3v) is 12.4. The Bertz CT molecular complexity index is 3070. The second kappa shape index (κ2) is 14.4. The second-order valence-electron chi connectivity index (χ2n) is 17.4. The number of pyridine rings is 2. The quantitative estimate of drug-likeness (QED) is 0.161. The van der Waals surface area contributed by atoms with Crippen LogP contribution in [0.3, 0.4) is 0 Å². The minimum atomic E-state index is -0.0262. The summed E-state index contributed by atoms with van der Waals surface area (Å²) in [5.41, 5.74) is 10.0. The molecule has 0 radical (unpaired) electrons. The van der Waals surface area contributed by atoms with Gasteiger partial charge in [-0.2, -0.15) is 17.4 Å². The minimum Gasteiger partial charge on any atom is -0.509 e. The van der Waals surface area contributed by atoms with E-state index in [4.69, 9.17) is 14.7 Å². The molecule has 0 unspecified atom stereocenters. The van der Waals surface area contributed by atoms with Gasteiger partial charge < -0.3 is 19.1 Å². The molecule has 6 nitrogen and oxygen atoms in total. The van der Waals surface area contributed by atoms with Gasteiger partial charge in [-0.3, -0.25) is 0 Å². The van der Waals surface area contributed by atoms with Crippen LogP contribution in [0.15, 0.2) is 116 Å². The average molecular weight is 970 g/mol. The molecule has 59 heavy (non-hydrogen) atoms. The van der Waals surface area contributed by atoms with E-state index in [0.29, 0.717) is 11.5 Å². The number of para-hydroxylation sites is 1. The standard InChI is InChI=1S/C51H44N5OS.Pt/c1-31-24-34(51(6,7)8)25-32(2)48(31)54-30-55(49-41(54)17-13-22-53-49)43-28-36(29-45-47(43)39-15-10-12-18-44(39)58-45)57-35-19-20-38-37-14-9-11-16-40(37)56(42(38)27-35)46-26-33(21-23-52-46)50(3,4)5;/h9-26,29-30H,1-8H3;/q-3;. The van der Waals surface area contributed by atoms with Gasteiger partial charge in [-0.1, -0.05) is 117 Å². The van der Waals surface area contributed by atoms with E-state index in [9.17, 15) is 0 Å². The maximum Gasteiger partial charge on any atom is 0.135 e. The van der Waals surface area contributed by atoms with Gasteiger partial charge in [0.05, 0.1) is 5.69 Å². The number of fused-ring (bicyclic) bond motifs is 7. The summed E-state index contributed by atoms with van der Waals surface area (Å²) in [6, 6.07) is 43.8. The van der Waals surface area contributed by atoms with Crippen LogP contribution in [0, 0.1) is 32.6 Å². The van der Waals surface area contributed by atoms with Crippen LogP contribution in [0.2, 0.25) is 0 Å². The third kappa shape index (κ3) is 6.60. The van der Waals surface area contributed by atoms with E-state index in [1.165, 1.54) is 32.3 Å². The molecule has 0 spiro atoms. The number of ether oxygens (including phenoxy) is 1. The van der Waals surface area contributed by atoms with Gasteiger partial charge >= 0.3 is 0 Å². The molecule has 10 rings (SSSR count). The molecule has 0 saturated carbocycles. The first-order valence-electron chi connectivity index (χ1n) is 19.8. The summed E-state index contributed by atoms with van der Waals surface area (Å²) in [6.45, 7) is 20.1. The van der Waals surface area contributed by atoms with Crippen molar-refractivity contribution in [2.24, 2.45) is 0 Å². The Balaban J connectivity index is 0.00000449. The van der Waals surface area contributed by atoms with E-state index in [2.05, 4.69) is 180 Å². The molecule has 0 atom stereocenters. The van der Waals surface area contributed by atoms with Crippen molar-refractivity contribution in [2.45, 2.75) is 66.2 Å². The molecule has 0 N–H and O–H groups in total. The van der Waals surface area contributed by atoms with Crippen LogP contribution in [0.4, 0.5) is 22.9 Å². The summed E-state index contributed by atoms with van der Waals surface area (Å²) in [5.74, 6) is 2.90. The van der Waals surface area contributed by atoms with Crippen molar-refractivity contribution < 1.29 is 25.8 Å². The van der Waals surface area contributed by atoms with Crippen LogP contribution in [-0.2, 0) is 31.9 Å². The molecule has 0 saturated heterocycles. The predicted molar refractivity (Wildman–Crippen MR) is 242 cm³/mol. The first-order valence-corrected chi connectivity index (χ1v) is 20.6. The van der Waals surface area contributed by atoms with E-state index in [0.717, 1.165) is 60.6 Å². The Morgan fingerprint density at radius 1 is 0.644 bits per heavy atom. The number of thiophene rings is 1. The summed E-state index contributed by atoms with van der Waals surface area (Å²) in [5, 5.41) is 4.52. The molecule has 1 aliphatic heterocycles. The minimum absolute atomic E-state index is 0. The van der Waals surface area contributed by atoms with Crippen molar-refractivity contribution >= 4 is 76.2 Å². The van der Waals surface area contributed by atoms with Gasteiger partial charge in [0, 0.05) is 60.9 Å². The van der Waals surface area contributed by atoms with E-state index >= 15 is 0 Å². The summed E-state index contributed by atoms with van der Waals surface area (Å²) < 4.78 is 11.3. The largest absolute Gasteiger partial charge is 0.509 e. The van der Waals surface area contributed by atoms with Gasteiger partial charge in [-0.05, 0) is 88.7 Å². The summed E-state index contributed by atoms with van der Waals surface area (Å²) >= 11 is 1.76. The van der Waals surface area contributed by atoms with Gasteiger partial charge in [0.2, 0.25) is 0 Å². The molecule has 9 aromatic rings. The third-order valence-electron chi connectivity index (χ3n) is 11.3. The molecule has 4 aromatic heterocycles. The molecule has 0 amide bonds. The van der Waals surface area contributed by atoms with Crippen LogP contribution < -0.4 is 14.5 Å². The molecule has 5 heterocycles. The molecule has 8 heteroatoms. The molecular formula is C51H44N5OPtS-3. The Labute approximate surface area is 364 Å². The Morgan fingerprint density at radius 2 is 1.37 bits per heavy atom. The van der Waals surface area contributed by atoms with Crippen molar-refractivity contribution in [1.82, 2.24) is 14.5 Å². The zero-order chi connectivity index (χ0) is 40.1. The second-order valence-corrected chi connectivity index (χ2v) is 18.5. The van der Waals surface area contributed by atoms with Crippen molar-refractivity contribution in [2.75, 3.05) is 9.80 Å². The number of nitrogens with zero attached hydrogens (tertiary/aromatic N) is 5. The maximum atomic E-state index is 6.83. The summed E-state index contributed by atoms with van der Waals surface area (Å²) in [4.78, 5) is 14.3. The SMILES string of the molecule is Cc1cc(C(C)(C)C)cc(C)c1N1[CH-]N(c2[c-]c(Oc3[c-]c4c(cc3)c3ccccc3n4-c3cc(C(C)(C)C)ccn3)cc3sc4ccccc4c23)c2ncccc21.[Pt]. The fourth-order valence-electron chi connectivity index (χ4n) is 8.38. The zero-order valence-corrected chi connectivity index (χ0v) is 37.5. The number of aromatic nitrogens is 3. The molecule has 0 bridgehead atoms. The molecule has 5 aromatic carbocycles. The first kappa shape index (κ1) is 39.0. The van der Waals surface area contributed by atoms with Crippen molar-refractivity contribution in [1.29, 1.82) is 0 Å². The van der Waals surface area contributed by atoms with Crippen LogP contribution in [0.25, 0.3) is 47.8 Å². The van der Waals surface area contributed by atoms with Crippen LogP contribution in [0.1, 0.15) is 63.8 Å². The van der Waals surface area contributed by atoms with Gasteiger partial charge in [-0.15, -0.1) is 36.3 Å². The van der Waals surface area contributed by atoms with Crippen LogP contribution >= 0.6 is 11.3 Å². The fraction of sp³-hybridized carbons (Fsp3) is 0.196. The Hall–Kier alpha value is -5.49. The Morgan fingerprint density at radius 3 is 2.14 bits per heavy atom. The molecule has 0 aliphatic carbocycles. The number of anilines is 4. The van der Waals surface area contributed by atoms with Crippen LogP contribution in [0.5, 0.6) is 11.5 Å². The molecule has 298 valence electrons. The average Bonchev–Trinajstić information content (AvgIpc) is 3.86.